The van der Waals surface area contributed by atoms with Crippen LogP contribution in [-0.4, -0.2) is 0 Å². The molecule has 0 bridgehead atoms. The molecule has 3 aromatic carbocycles. The van der Waals surface area contributed by atoms with Crippen LogP contribution in [0.1, 0.15) is 29.7 Å². The minimum Gasteiger partial charge on any atom is -0.489 e. The van der Waals surface area contributed by atoms with Crippen LogP contribution in [0.5, 0.6) is 5.75 Å². The normalized spacial score (nSPS) is 12.0. The Hall–Kier alpha value is -2.00. The Bertz CT molecular complexity index is 832. The van der Waals surface area contributed by atoms with Crippen LogP contribution in [0.3, 0.4) is 0 Å². The third kappa shape index (κ3) is 5.01. The lowest BCUT2D eigenvalue weighted by atomic mass is 10.1. The second-order valence-corrected chi connectivity index (χ2v) is 6.96. The van der Waals surface area contributed by atoms with Crippen molar-refractivity contribution >= 4 is 23.2 Å². The van der Waals surface area contributed by atoms with Crippen LogP contribution in [0.15, 0.2) is 72.8 Å². The molecule has 0 saturated heterocycles. The van der Waals surface area contributed by atoms with Gasteiger partial charge in [0.2, 0.25) is 0 Å². The van der Waals surface area contributed by atoms with Crippen molar-refractivity contribution < 1.29 is 4.74 Å². The molecule has 3 rings (SSSR count). The van der Waals surface area contributed by atoms with Crippen LogP contribution in [0, 0.1) is 0 Å². The molecular weight excluding hydrogens is 365 g/mol. The van der Waals surface area contributed by atoms with Gasteiger partial charge in [0.15, 0.2) is 0 Å². The second kappa shape index (κ2) is 9.09. The molecule has 26 heavy (non-hydrogen) atoms. The highest BCUT2D eigenvalue weighted by Crippen LogP contribution is 2.26. The van der Waals surface area contributed by atoms with Crippen molar-refractivity contribution in [2.45, 2.75) is 26.1 Å². The van der Waals surface area contributed by atoms with Gasteiger partial charge in [0, 0.05) is 28.2 Å². The molecule has 0 spiro atoms. The van der Waals surface area contributed by atoms with E-state index in [9.17, 15) is 0 Å². The summed E-state index contributed by atoms with van der Waals surface area (Å²) in [7, 11) is 0. The molecule has 2 nitrogen and oxygen atoms in total. The van der Waals surface area contributed by atoms with Gasteiger partial charge >= 0.3 is 0 Å². The van der Waals surface area contributed by atoms with Crippen LogP contribution in [0.2, 0.25) is 10.0 Å². The third-order valence-electron chi connectivity index (χ3n) is 4.26. The van der Waals surface area contributed by atoms with Crippen LogP contribution in [-0.2, 0) is 13.2 Å². The third-order valence-corrected chi connectivity index (χ3v) is 4.96. The van der Waals surface area contributed by atoms with Crippen LogP contribution in [0.4, 0.5) is 0 Å². The van der Waals surface area contributed by atoms with Gasteiger partial charge < -0.3 is 10.1 Å². The minimum absolute atomic E-state index is 0.280. The van der Waals surface area contributed by atoms with Gasteiger partial charge in [-0.05, 0) is 42.3 Å². The summed E-state index contributed by atoms with van der Waals surface area (Å²) in [6, 6.07) is 24.2. The lowest BCUT2D eigenvalue weighted by molar-refractivity contribution is 0.306. The maximum absolute atomic E-state index is 6.20. The van der Waals surface area contributed by atoms with E-state index in [1.807, 2.05) is 42.5 Å². The summed E-state index contributed by atoms with van der Waals surface area (Å²) >= 11 is 12.4. The van der Waals surface area contributed by atoms with E-state index in [-0.39, 0.29) is 6.04 Å². The van der Waals surface area contributed by atoms with E-state index in [4.69, 9.17) is 27.9 Å². The first kappa shape index (κ1) is 18.8. The van der Waals surface area contributed by atoms with E-state index in [2.05, 4.69) is 42.6 Å². The summed E-state index contributed by atoms with van der Waals surface area (Å²) < 4.78 is 5.89. The van der Waals surface area contributed by atoms with Crippen molar-refractivity contribution in [1.82, 2.24) is 5.32 Å². The van der Waals surface area contributed by atoms with Crippen LogP contribution >= 0.6 is 23.2 Å². The van der Waals surface area contributed by atoms with Gasteiger partial charge in [-0.15, -0.1) is 0 Å². The molecule has 0 amide bonds. The molecule has 0 fully saturated rings. The summed E-state index contributed by atoms with van der Waals surface area (Å²) in [5.41, 5.74) is 3.24. The Kier molecular flexibility index (Phi) is 6.56. The highest BCUT2D eigenvalue weighted by molar-refractivity contribution is 6.35. The number of hydrogen-bond donors (Lipinski definition) is 1. The Morgan fingerprint density at radius 2 is 1.58 bits per heavy atom. The van der Waals surface area contributed by atoms with E-state index < -0.39 is 0 Å². The molecule has 1 atom stereocenters. The monoisotopic (exact) mass is 385 g/mol. The highest BCUT2D eigenvalue weighted by Gasteiger charge is 2.07. The molecule has 1 N–H and O–H groups in total. The minimum atomic E-state index is 0.280. The fourth-order valence-electron chi connectivity index (χ4n) is 2.70. The van der Waals surface area contributed by atoms with Gasteiger partial charge in [0.25, 0.3) is 0 Å². The average molecular weight is 386 g/mol. The van der Waals surface area contributed by atoms with Gasteiger partial charge in [-0.3, -0.25) is 0 Å². The largest absolute Gasteiger partial charge is 0.489 e. The molecule has 0 aliphatic carbocycles. The second-order valence-electron chi connectivity index (χ2n) is 6.15. The first-order valence-electron chi connectivity index (χ1n) is 8.56. The van der Waals surface area contributed by atoms with Crippen LogP contribution < -0.4 is 10.1 Å². The summed E-state index contributed by atoms with van der Waals surface area (Å²) in [6.07, 6.45) is 0. The first-order chi connectivity index (χ1) is 12.6. The maximum Gasteiger partial charge on any atom is 0.120 e. The molecule has 0 saturated carbocycles. The average Bonchev–Trinajstić information content (AvgIpc) is 2.67. The number of nitrogens with one attached hydrogen (secondary N) is 1. The lowest BCUT2D eigenvalue weighted by Crippen LogP contribution is -2.17. The summed E-state index contributed by atoms with van der Waals surface area (Å²) in [6.45, 7) is 3.27. The summed E-state index contributed by atoms with van der Waals surface area (Å²) in [5, 5.41) is 4.77. The van der Waals surface area contributed by atoms with Crippen molar-refractivity contribution in [3.8, 4) is 5.75 Å². The fraction of sp³-hybridized carbons (Fsp3) is 0.182. The lowest BCUT2D eigenvalue weighted by Gasteiger charge is -2.15. The SMILES string of the molecule is C[C@@H](NCc1cccc(OCc2c(Cl)cccc2Cl)c1)c1ccccc1. The number of rotatable bonds is 7. The quantitative estimate of drug-likeness (QED) is 0.506. The van der Waals surface area contributed by atoms with Gasteiger partial charge in [-0.25, -0.2) is 0 Å². The summed E-state index contributed by atoms with van der Waals surface area (Å²) in [5.74, 6) is 0.799. The first-order valence-corrected chi connectivity index (χ1v) is 9.32. The molecule has 0 unspecified atom stereocenters. The molecule has 0 aliphatic rings. The predicted octanol–water partition coefficient (Wildman–Crippen LogP) is 6.42. The van der Waals surface area contributed by atoms with Crippen molar-refractivity contribution in [1.29, 1.82) is 0 Å². The maximum atomic E-state index is 6.20. The Balaban J connectivity index is 1.60. The van der Waals surface area contributed by atoms with E-state index in [1.54, 1.807) is 0 Å². The molecule has 134 valence electrons. The molecule has 0 aromatic heterocycles. The van der Waals surface area contributed by atoms with Crippen LogP contribution in [0.25, 0.3) is 0 Å². The fourth-order valence-corrected chi connectivity index (χ4v) is 3.21. The smallest absolute Gasteiger partial charge is 0.120 e. The Labute approximate surface area is 164 Å². The van der Waals surface area contributed by atoms with Gasteiger partial charge in [0.1, 0.15) is 12.4 Å². The Morgan fingerprint density at radius 1 is 0.885 bits per heavy atom. The van der Waals surface area contributed by atoms with E-state index in [0.29, 0.717) is 16.7 Å². The predicted molar refractivity (Wildman–Crippen MR) is 109 cm³/mol. The zero-order valence-corrected chi connectivity index (χ0v) is 16.1. The number of ether oxygens (including phenoxy) is 1. The van der Waals surface area contributed by atoms with Gasteiger partial charge in [0.05, 0.1) is 0 Å². The van der Waals surface area contributed by atoms with Crippen molar-refractivity contribution in [3.05, 3.63) is 99.5 Å². The topological polar surface area (TPSA) is 21.3 Å². The van der Waals surface area contributed by atoms with E-state index in [1.165, 1.54) is 5.56 Å². The van der Waals surface area contributed by atoms with Crippen molar-refractivity contribution in [2.24, 2.45) is 0 Å². The zero-order chi connectivity index (χ0) is 18.4. The molecule has 0 aliphatic heterocycles. The zero-order valence-electron chi connectivity index (χ0n) is 14.6. The van der Waals surface area contributed by atoms with Gasteiger partial charge in [-0.1, -0.05) is 71.7 Å². The highest BCUT2D eigenvalue weighted by atomic mass is 35.5. The molecule has 3 aromatic rings. The summed E-state index contributed by atoms with van der Waals surface area (Å²) in [4.78, 5) is 0. The van der Waals surface area contributed by atoms with Gasteiger partial charge in [-0.2, -0.15) is 0 Å². The number of benzene rings is 3. The molecular formula is C22H21Cl2NO. The van der Waals surface area contributed by atoms with E-state index >= 15 is 0 Å². The Morgan fingerprint density at radius 3 is 2.31 bits per heavy atom. The molecule has 0 heterocycles. The molecule has 4 heteroatoms. The molecule has 0 radical (unpaired) electrons. The van der Waals surface area contributed by atoms with E-state index in [0.717, 1.165) is 23.4 Å². The number of hydrogen-bond acceptors (Lipinski definition) is 2. The number of halogens is 2. The van der Waals surface area contributed by atoms with Crippen molar-refractivity contribution in [2.75, 3.05) is 0 Å². The standard InChI is InChI=1S/C22H21Cl2NO/c1-16(18-8-3-2-4-9-18)25-14-17-7-5-10-19(13-17)26-15-20-21(23)11-6-12-22(20)24/h2-13,16,25H,14-15H2,1H3/t16-/m1/s1. The van der Waals surface area contributed by atoms with Crippen molar-refractivity contribution in [3.63, 3.8) is 0 Å².